The molecule has 0 aromatic heterocycles. The molecule has 0 spiro atoms. The van der Waals surface area contributed by atoms with E-state index in [9.17, 15) is 14.4 Å². The minimum Gasteiger partial charge on any atom is -0.479 e. The van der Waals surface area contributed by atoms with Gasteiger partial charge in [-0.15, -0.1) is 0 Å². The summed E-state index contributed by atoms with van der Waals surface area (Å²) in [6.45, 7) is 7.18. The number of imide groups is 1. The van der Waals surface area contributed by atoms with Gasteiger partial charge in [0.2, 0.25) is 0 Å². The van der Waals surface area contributed by atoms with E-state index in [2.05, 4.69) is 26.1 Å². The average Bonchev–Trinajstić information content (AvgIpc) is 2.66. The molecular formula is C22H25NO5. The number of carbonyl (C=O) groups is 3. The number of nitrogens with one attached hydrogen (secondary N) is 1. The van der Waals surface area contributed by atoms with E-state index in [-0.39, 0.29) is 5.41 Å². The number of hydrogen-bond donors (Lipinski definition) is 1. The number of hydrogen-bond acceptors (Lipinski definition) is 5. The zero-order valence-corrected chi connectivity index (χ0v) is 16.5. The van der Waals surface area contributed by atoms with Crippen molar-refractivity contribution in [3.05, 3.63) is 65.7 Å². The van der Waals surface area contributed by atoms with Crippen LogP contribution in [-0.2, 0) is 19.7 Å². The molecule has 0 aliphatic heterocycles. The van der Waals surface area contributed by atoms with Crippen molar-refractivity contribution in [3.8, 4) is 5.75 Å². The van der Waals surface area contributed by atoms with Crippen molar-refractivity contribution in [2.45, 2.75) is 39.2 Å². The zero-order valence-electron chi connectivity index (χ0n) is 16.5. The fraction of sp³-hybridized carbons (Fsp3) is 0.318. The van der Waals surface area contributed by atoms with E-state index < -0.39 is 30.5 Å². The maximum Gasteiger partial charge on any atom is 0.347 e. The third-order valence-corrected chi connectivity index (χ3v) is 4.00. The zero-order chi connectivity index (χ0) is 20.7. The summed E-state index contributed by atoms with van der Waals surface area (Å²) in [4.78, 5) is 36.0. The Morgan fingerprint density at radius 1 is 0.964 bits per heavy atom. The van der Waals surface area contributed by atoms with Gasteiger partial charge in [-0.05, 0) is 42.2 Å². The summed E-state index contributed by atoms with van der Waals surface area (Å²) in [5, 5.41) is 2.20. The maximum atomic E-state index is 12.1. The van der Waals surface area contributed by atoms with Gasteiger partial charge in [-0.3, -0.25) is 14.9 Å². The van der Waals surface area contributed by atoms with Gasteiger partial charge < -0.3 is 9.47 Å². The van der Waals surface area contributed by atoms with Crippen molar-refractivity contribution in [1.29, 1.82) is 0 Å². The number of ether oxygens (including phenoxy) is 2. The smallest absolute Gasteiger partial charge is 0.347 e. The number of esters is 1. The summed E-state index contributed by atoms with van der Waals surface area (Å²) in [6.07, 6.45) is -0.879. The molecule has 28 heavy (non-hydrogen) atoms. The molecular weight excluding hydrogens is 358 g/mol. The predicted molar refractivity (Wildman–Crippen MR) is 105 cm³/mol. The van der Waals surface area contributed by atoms with Crippen molar-refractivity contribution < 1.29 is 23.9 Å². The van der Waals surface area contributed by atoms with Gasteiger partial charge >= 0.3 is 5.97 Å². The second kappa shape index (κ2) is 9.17. The van der Waals surface area contributed by atoms with Gasteiger partial charge in [-0.25, -0.2) is 4.79 Å². The third-order valence-electron chi connectivity index (χ3n) is 4.00. The summed E-state index contributed by atoms with van der Waals surface area (Å²) < 4.78 is 10.3. The van der Waals surface area contributed by atoms with Crippen LogP contribution in [-0.4, -0.2) is 30.5 Å². The van der Waals surface area contributed by atoms with E-state index in [0.717, 1.165) is 5.56 Å². The van der Waals surface area contributed by atoms with E-state index in [1.165, 1.54) is 6.92 Å². The molecule has 1 atom stereocenters. The first-order valence-corrected chi connectivity index (χ1v) is 9.00. The lowest BCUT2D eigenvalue weighted by Gasteiger charge is -2.19. The molecule has 0 aliphatic rings. The standard InChI is InChI=1S/C22H25NO5/c1-15(28-18-8-6-5-7-9-18)21(26)27-14-19(24)23-20(25)16-10-12-17(13-11-16)22(2,3)4/h5-13,15H,14H2,1-4H3,(H,23,24,25)/t15-/m0/s1. The highest BCUT2D eigenvalue weighted by atomic mass is 16.6. The van der Waals surface area contributed by atoms with Gasteiger partial charge in [-0.1, -0.05) is 51.1 Å². The summed E-state index contributed by atoms with van der Waals surface area (Å²) in [5.41, 5.74) is 1.41. The normalized spacial score (nSPS) is 12.0. The maximum absolute atomic E-state index is 12.1. The molecule has 0 saturated heterocycles. The molecule has 0 unspecified atom stereocenters. The van der Waals surface area contributed by atoms with Crippen LogP contribution in [0.1, 0.15) is 43.6 Å². The van der Waals surface area contributed by atoms with Gasteiger partial charge in [0.05, 0.1) is 0 Å². The Morgan fingerprint density at radius 3 is 2.14 bits per heavy atom. The first kappa shape index (κ1) is 21.2. The van der Waals surface area contributed by atoms with Crippen LogP contribution in [0.15, 0.2) is 54.6 Å². The average molecular weight is 383 g/mol. The molecule has 148 valence electrons. The van der Waals surface area contributed by atoms with Crippen LogP contribution < -0.4 is 10.1 Å². The summed E-state index contributed by atoms with van der Waals surface area (Å²) in [7, 11) is 0. The fourth-order valence-corrected chi connectivity index (χ4v) is 2.36. The van der Waals surface area contributed by atoms with Crippen molar-refractivity contribution in [2.75, 3.05) is 6.61 Å². The Hall–Kier alpha value is -3.15. The molecule has 2 rings (SSSR count). The van der Waals surface area contributed by atoms with Gasteiger partial charge in [0.1, 0.15) is 5.75 Å². The minimum absolute atomic E-state index is 0.0302. The Labute approximate surface area is 164 Å². The van der Waals surface area contributed by atoms with Crippen LogP contribution in [0.3, 0.4) is 0 Å². The highest BCUT2D eigenvalue weighted by Crippen LogP contribution is 2.22. The number of carbonyl (C=O) groups excluding carboxylic acids is 3. The van der Waals surface area contributed by atoms with Gasteiger partial charge in [-0.2, -0.15) is 0 Å². The topological polar surface area (TPSA) is 81.7 Å². The highest BCUT2D eigenvalue weighted by molar-refractivity contribution is 6.05. The number of rotatable bonds is 6. The fourth-order valence-electron chi connectivity index (χ4n) is 2.36. The van der Waals surface area contributed by atoms with Crippen LogP contribution in [0.25, 0.3) is 0 Å². The molecule has 0 radical (unpaired) electrons. The van der Waals surface area contributed by atoms with Gasteiger partial charge in [0, 0.05) is 5.56 Å². The van der Waals surface area contributed by atoms with Crippen LogP contribution in [0.4, 0.5) is 0 Å². The van der Waals surface area contributed by atoms with E-state index in [0.29, 0.717) is 11.3 Å². The van der Waals surface area contributed by atoms with Crippen LogP contribution in [0.5, 0.6) is 5.75 Å². The van der Waals surface area contributed by atoms with Crippen molar-refractivity contribution >= 4 is 17.8 Å². The van der Waals surface area contributed by atoms with Crippen molar-refractivity contribution in [2.24, 2.45) is 0 Å². The Balaban J connectivity index is 1.81. The lowest BCUT2D eigenvalue weighted by Crippen LogP contribution is -2.36. The first-order valence-electron chi connectivity index (χ1n) is 9.00. The molecule has 6 heteroatoms. The van der Waals surface area contributed by atoms with E-state index in [4.69, 9.17) is 9.47 Å². The molecule has 0 heterocycles. The second-order valence-corrected chi connectivity index (χ2v) is 7.39. The molecule has 6 nitrogen and oxygen atoms in total. The van der Waals surface area contributed by atoms with Gasteiger partial charge in [0.25, 0.3) is 11.8 Å². The largest absolute Gasteiger partial charge is 0.479 e. The van der Waals surface area contributed by atoms with E-state index in [1.807, 2.05) is 18.2 Å². The van der Waals surface area contributed by atoms with Crippen molar-refractivity contribution in [1.82, 2.24) is 5.32 Å². The Kier molecular flexibility index (Phi) is 6.93. The molecule has 2 aromatic carbocycles. The summed E-state index contributed by atoms with van der Waals surface area (Å²) in [6, 6.07) is 15.8. The van der Waals surface area contributed by atoms with Crippen LogP contribution in [0, 0.1) is 0 Å². The molecule has 2 amide bonds. The Morgan fingerprint density at radius 2 is 1.57 bits per heavy atom. The van der Waals surface area contributed by atoms with E-state index in [1.54, 1.807) is 36.4 Å². The van der Waals surface area contributed by atoms with Crippen LogP contribution >= 0.6 is 0 Å². The predicted octanol–water partition coefficient (Wildman–Crippen LogP) is 3.25. The Bertz CT molecular complexity index is 822. The van der Waals surface area contributed by atoms with Crippen LogP contribution in [0.2, 0.25) is 0 Å². The lowest BCUT2D eigenvalue weighted by atomic mass is 9.87. The second-order valence-electron chi connectivity index (χ2n) is 7.39. The molecule has 0 fully saturated rings. The summed E-state index contributed by atoms with van der Waals surface area (Å²) >= 11 is 0. The minimum atomic E-state index is -0.879. The third kappa shape index (κ3) is 6.23. The quantitative estimate of drug-likeness (QED) is 0.775. The van der Waals surface area contributed by atoms with Gasteiger partial charge in [0.15, 0.2) is 12.7 Å². The molecule has 2 aromatic rings. The molecule has 0 bridgehead atoms. The first-order chi connectivity index (χ1) is 13.2. The summed E-state index contributed by atoms with van der Waals surface area (Å²) in [5.74, 6) is -1.42. The van der Waals surface area contributed by atoms with Crippen molar-refractivity contribution in [3.63, 3.8) is 0 Å². The highest BCUT2D eigenvalue weighted by Gasteiger charge is 2.19. The molecule has 1 N–H and O–H groups in total. The monoisotopic (exact) mass is 383 g/mol. The molecule has 0 aliphatic carbocycles. The molecule has 0 saturated carbocycles. The number of para-hydroxylation sites is 1. The van der Waals surface area contributed by atoms with E-state index >= 15 is 0 Å². The number of amides is 2. The number of benzene rings is 2. The SMILES string of the molecule is C[C@H](Oc1ccccc1)C(=O)OCC(=O)NC(=O)c1ccc(C(C)(C)C)cc1. The lowest BCUT2D eigenvalue weighted by molar-refractivity contribution is -0.154.